The zero-order valence-electron chi connectivity index (χ0n) is 17.9. The van der Waals surface area contributed by atoms with Crippen LogP contribution in [0.5, 0.6) is 5.75 Å². The van der Waals surface area contributed by atoms with Crippen LogP contribution in [0.25, 0.3) is 23.1 Å². The summed E-state index contributed by atoms with van der Waals surface area (Å²) in [5.74, 6) is 1.64. The molecule has 1 atom stereocenters. The normalized spacial score (nSPS) is 14.7. The molecular formula is C26H27N5O. The number of hydrogen-bond acceptors (Lipinski definition) is 5. The minimum absolute atomic E-state index is 0.109. The number of para-hydroxylation sites is 1. The van der Waals surface area contributed by atoms with Crippen molar-refractivity contribution in [2.75, 3.05) is 11.9 Å². The average Bonchev–Trinajstić information content (AvgIpc) is 3.55. The SMILES string of the molecule is N[C@@H](COc1cncc(C=Cc2ccnc(NC3CC3)c2)c1)Cc1c[nH]c2ccccc12. The number of aromatic nitrogens is 3. The Balaban J connectivity index is 1.18. The van der Waals surface area contributed by atoms with Gasteiger partial charge in [0.05, 0.1) is 6.20 Å². The molecule has 0 bridgehead atoms. The molecule has 32 heavy (non-hydrogen) atoms. The molecule has 0 aliphatic heterocycles. The fraction of sp³-hybridized carbons (Fsp3) is 0.231. The van der Waals surface area contributed by atoms with Gasteiger partial charge in [-0.1, -0.05) is 30.4 Å². The molecule has 0 spiro atoms. The van der Waals surface area contributed by atoms with Crippen molar-refractivity contribution in [1.82, 2.24) is 15.0 Å². The maximum Gasteiger partial charge on any atom is 0.138 e. The number of nitrogens with one attached hydrogen (secondary N) is 2. The number of ether oxygens (including phenoxy) is 1. The predicted molar refractivity (Wildman–Crippen MR) is 130 cm³/mol. The van der Waals surface area contributed by atoms with Crippen molar-refractivity contribution in [3.63, 3.8) is 0 Å². The molecule has 6 heteroatoms. The van der Waals surface area contributed by atoms with Gasteiger partial charge in [0, 0.05) is 41.6 Å². The number of H-pyrrole nitrogens is 1. The molecule has 162 valence electrons. The monoisotopic (exact) mass is 425 g/mol. The molecule has 1 aliphatic rings. The van der Waals surface area contributed by atoms with Gasteiger partial charge in [-0.05, 0) is 60.2 Å². The van der Waals surface area contributed by atoms with Crippen LogP contribution in [0.15, 0.2) is 67.3 Å². The van der Waals surface area contributed by atoms with E-state index in [9.17, 15) is 0 Å². The van der Waals surface area contributed by atoms with Crippen molar-refractivity contribution in [3.8, 4) is 5.75 Å². The third kappa shape index (κ3) is 5.15. The van der Waals surface area contributed by atoms with Gasteiger partial charge in [0.25, 0.3) is 0 Å². The van der Waals surface area contributed by atoms with E-state index in [1.165, 1.54) is 23.8 Å². The summed E-state index contributed by atoms with van der Waals surface area (Å²) in [6, 6.07) is 14.8. The Labute approximate surface area is 187 Å². The fourth-order valence-electron chi connectivity index (χ4n) is 3.71. The van der Waals surface area contributed by atoms with Crippen LogP contribution < -0.4 is 15.8 Å². The van der Waals surface area contributed by atoms with Gasteiger partial charge >= 0.3 is 0 Å². The standard InChI is InChI=1S/C26H27N5O/c27-21(13-20-15-30-25-4-2-1-3-24(20)25)17-32-23-11-19(14-28-16-23)6-5-18-9-10-29-26(12-18)31-22-7-8-22/h1-6,9-12,14-16,21-22,30H,7-8,13,17,27H2,(H,29,31)/t21-/m1/s1. The van der Waals surface area contributed by atoms with Crippen LogP contribution in [0.2, 0.25) is 0 Å². The van der Waals surface area contributed by atoms with E-state index >= 15 is 0 Å². The Morgan fingerprint density at radius 3 is 2.91 bits per heavy atom. The fourth-order valence-corrected chi connectivity index (χ4v) is 3.71. The van der Waals surface area contributed by atoms with E-state index in [0.29, 0.717) is 18.4 Å². The Bertz CT molecular complexity index is 1230. The second-order valence-corrected chi connectivity index (χ2v) is 8.32. The van der Waals surface area contributed by atoms with Crippen molar-refractivity contribution >= 4 is 28.9 Å². The topological polar surface area (TPSA) is 88.8 Å². The van der Waals surface area contributed by atoms with E-state index in [0.717, 1.165) is 28.9 Å². The zero-order chi connectivity index (χ0) is 21.8. The third-order valence-electron chi connectivity index (χ3n) is 5.54. The molecule has 0 saturated heterocycles. The molecule has 6 nitrogen and oxygen atoms in total. The number of benzene rings is 1. The molecule has 5 rings (SSSR count). The van der Waals surface area contributed by atoms with Crippen molar-refractivity contribution in [3.05, 3.63) is 83.9 Å². The highest BCUT2D eigenvalue weighted by Gasteiger charge is 2.21. The number of hydrogen-bond donors (Lipinski definition) is 3. The first kappa shape index (κ1) is 20.3. The Morgan fingerprint density at radius 2 is 2.00 bits per heavy atom. The van der Waals surface area contributed by atoms with E-state index in [-0.39, 0.29) is 6.04 Å². The molecule has 1 aromatic carbocycles. The highest BCUT2D eigenvalue weighted by Crippen LogP contribution is 2.24. The lowest BCUT2D eigenvalue weighted by atomic mass is 10.1. The summed E-state index contributed by atoms with van der Waals surface area (Å²) in [5, 5.41) is 4.64. The van der Waals surface area contributed by atoms with Crippen LogP contribution in [-0.4, -0.2) is 33.6 Å². The molecule has 3 aromatic heterocycles. The second-order valence-electron chi connectivity index (χ2n) is 8.32. The van der Waals surface area contributed by atoms with E-state index < -0.39 is 0 Å². The minimum Gasteiger partial charge on any atom is -0.490 e. The van der Waals surface area contributed by atoms with Crippen LogP contribution in [0.4, 0.5) is 5.82 Å². The molecule has 0 radical (unpaired) electrons. The quantitative estimate of drug-likeness (QED) is 0.363. The van der Waals surface area contributed by atoms with Gasteiger partial charge in [0.2, 0.25) is 0 Å². The minimum atomic E-state index is -0.109. The highest BCUT2D eigenvalue weighted by atomic mass is 16.5. The number of fused-ring (bicyclic) bond motifs is 1. The molecule has 1 fully saturated rings. The number of pyridine rings is 2. The maximum atomic E-state index is 6.34. The van der Waals surface area contributed by atoms with Crippen LogP contribution in [-0.2, 0) is 6.42 Å². The van der Waals surface area contributed by atoms with Gasteiger partial charge < -0.3 is 20.8 Å². The molecule has 1 saturated carbocycles. The summed E-state index contributed by atoms with van der Waals surface area (Å²) in [5.41, 5.74) is 10.7. The molecule has 4 aromatic rings. The molecule has 0 amide bonds. The van der Waals surface area contributed by atoms with Gasteiger partial charge in [0.15, 0.2) is 0 Å². The second kappa shape index (κ2) is 9.24. The van der Waals surface area contributed by atoms with E-state index in [4.69, 9.17) is 10.5 Å². The first-order chi connectivity index (χ1) is 15.7. The van der Waals surface area contributed by atoms with Crippen LogP contribution in [0.3, 0.4) is 0 Å². The van der Waals surface area contributed by atoms with Crippen LogP contribution in [0.1, 0.15) is 29.5 Å². The summed E-state index contributed by atoms with van der Waals surface area (Å²) >= 11 is 0. The molecule has 3 heterocycles. The summed E-state index contributed by atoms with van der Waals surface area (Å²) in [6.45, 7) is 0.426. The molecular weight excluding hydrogens is 398 g/mol. The maximum absolute atomic E-state index is 6.34. The number of aromatic amines is 1. The Hall–Kier alpha value is -3.64. The van der Waals surface area contributed by atoms with Gasteiger partial charge in [-0.25, -0.2) is 4.98 Å². The average molecular weight is 426 g/mol. The van der Waals surface area contributed by atoms with Crippen molar-refractivity contribution in [1.29, 1.82) is 0 Å². The molecule has 1 aliphatic carbocycles. The predicted octanol–water partition coefficient (Wildman–Crippen LogP) is 4.65. The highest BCUT2D eigenvalue weighted by molar-refractivity contribution is 5.83. The largest absolute Gasteiger partial charge is 0.490 e. The number of nitrogens with two attached hydrogens (primary N) is 1. The zero-order valence-corrected chi connectivity index (χ0v) is 17.9. The lowest BCUT2D eigenvalue weighted by molar-refractivity contribution is 0.287. The summed E-state index contributed by atoms with van der Waals surface area (Å²) in [6.07, 6.45) is 14.7. The summed E-state index contributed by atoms with van der Waals surface area (Å²) < 4.78 is 5.94. The first-order valence-electron chi connectivity index (χ1n) is 11.0. The van der Waals surface area contributed by atoms with E-state index in [1.807, 2.05) is 48.9 Å². The van der Waals surface area contributed by atoms with Crippen molar-refractivity contribution < 1.29 is 4.74 Å². The van der Waals surface area contributed by atoms with Gasteiger partial charge in [-0.3, -0.25) is 4.98 Å². The third-order valence-corrected chi connectivity index (χ3v) is 5.54. The van der Waals surface area contributed by atoms with Crippen molar-refractivity contribution in [2.45, 2.75) is 31.3 Å². The number of nitrogens with zero attached hydrogens (tertiary/aromatic N) is 2. The van der Waals surface area contributed by atoms with E-state index in [2.05, 4.69) is 44.5 Å². The summed E-state index contributed by atoms with van der Waals surface area (Å²) in [4.78, 5) is 12.0. The Kier molecular flexibility index (Phi) is 5.85. The number of anilines is 1. The van der Waals surface area contributed by atoms with E-state index in [1.54, 1.807) is 6.20 Å². The van der Waals surface area contributed by atoms with Gasteiger partial charge in [-0.15, -0.1) is 0 Å². The van der Waals surface area contributed by atoms with Crippen LogP contribution >= 0.6 is 0 Å². The molecule has 0 unspecified atom stereocenters. The lowest BCUT2D eigenvalue weighted by Crippen LogP contribution is -2.30. The van der Waals surface area contributed by atoms with Crippen molar-refractivity contribution in [2.24, 2.45) is 5.73 Å². The van der Waals surface area contributed by atoms with Gasteiger partial charge in [0.1, 0.15) is 18.2 Å². The van der Waals surface area contributed by atoms with Crippen LogP contribution in [0, 0.1) is 0 Å². The Morgan fingerprint density at radius 1 is 1.12 bits per heavy atom. The van der Waals surface area contributed by atoms with Gasteiger partial charge in [-0.2, -0.15) is 0 Å². The molecule has 4 N–H and O–H groups in total. The lowest BCUT2D eigenvalue weighted by Gasteiger charge is -2.13. The smallest absolute Gasteiger partial charge is 0.138 e. The number of rotatable bonds is 9. The summed E-state index contributed by atoms with van der Waals surface area (Å²) in [7, 11) is 0. The first-order valence-corrected chi connectivity index (χ1v) is 11.0.